The fourth-order valence-electron chi connectivity index (χ4n) is 8.40. The van der Waals surface area contributed by atoms with Crippen LogP contribution in [0.5, 0.6) is 11.5 Å². The largest absolute Gasteiger partial charge is 0.497 e. The lowest BCUT2D eigenvalue weighted by molar-refractivity contribution is -0.123. The van der Waals surface area contributed by atoms with Gasteiger partial charge in [-0.1, -0.05) is 23.5 Å². The van der Waals surface area contributed by atoms with Crippen LogP contribution in [0.2, 0.25) is 0 Å². The number of nitrogens with one attached hydrogen (secondary N) is 2. The summed E-state index contributed by atoms with van der Waals surface area (Å²) >= 11 is 2.85. The number of carbonyl (C=O) groups is 4. The summed E-state index contributed by atoms with van der Waals surface area (Å²) in [5, 5.41) is 3.67. The van der Waals surface area contributed by atoms with Gasteiger partial charge in [0.1, 0.15) is 11.5 Å². The van der Waals surface area contributed by atoms with Gasteiger partial charge in [0.2, 0.25) is 11.8 Å². The predicted molar refractivity (Wildman–Crippen MR) is 187 cm³/mol. The first-order chi connectivity index (χ1) is 24.2. The molecule has 0 radical (unpaired) electrons. The number of carbonyl (C=O) groups excluding carboxylic acids is 4. The van der Waals surface area contributed by atoms with E-state index in [0.717, 1.165) is 21.9 Å². The standard InChI is InChI=1S/C37H33N3O8S2/c1-3-47-36(44)19-4-8-20(9-5-19)38-26(41)17-48-23-12-6-18(7-13-23)27-28-24-16-25(31(28)49-33-32(27)50-37(45)39-33)30-29(24)34(42)40(35(30)43)21-10-14-22(46-2)15-11-21/h4-15,24-25,27-31H,3,16-17H2,1-2H3,(H,38,41)(H,39,45)/t24-,25-,27-,28?,29?,30?,31?/m1/s1. The van der Waals surface area contributed by atoms with Crippen molar-refractivity contribution in [3.63, 3.8) is 0 Å². The van der Waals surface area contributed by atoms with Gasteiger partial charge < -0.3 is 24.5 Å². The third-order valence-corrected chi connectivity index (χ3v) is 12.9. The molecule has 3 aromatic carbocycles. The summed E-state index contributed by atoms with van der Waals surface area (Å²) in [7, 11) is 1.57. The van der Waals surface area contributed by atoms with Crippen molar-refractivity contribution in [1.82, 2.24) is 4.98 Å². The summed E-state index contributed by atoms with van der Waals surface area (Å²) in [6, 6.07) is 21.0. The minimum Gasteiger partial charge on any atom is -0.497 e. The Hall–Kier alpha value is -4.88. The van der Waals surface area contributed by atoms with Gasteiger partial charge in [0.05, 0.1) is 41.8 Å². The Kier molecular flexibility index (Phi) is 8.26. The van der Waals surface area contributed by atoms with Crippen LogP contribution < -0.4 is 24.6 Å². The Balaban J connectivity index is 0.994. The minimum absolute atomic E-state index is 0.0106. The molecule has 256 valence electrons. The molecule has 50 heavy (non-hydrogen) atoms. The van der Waals surface area contributed by atoms with Gasteiger partial charge in [-0.05, 0) is 97.3 Å². The normalized spacial score (nSPS) is 25.9. The number of esters is 1. The number of fused-ring (bicyclic) bond motifs is 9. The maximum absolute atomic E-state index is 14.0. The van der Waals surface area contributed by atoms with Crippen LogP contribution in [0, 0.1) is 29.6 Å². The molecule has 7 atom stereocenters. The van der Waals surface area contributed by atoms with Gasteiger partial charge in [-0.25, -0.2) is 4.79 Å². The Morgan fingerprint density at radius 3 is 2.26 bits per heavy atom. The highest BCUT2D eigenvalue weighted by Crippen LogP contribution is 2.68. The second kappa shape index (κ2) is 12.8. The first-order valence-corrected chi connectivity index (χ1v) is 18.2. The summed E-state index contributed by atoms with van der Waals surface area (Å²) in [5.41, 5.74) is 2.47. The van der Waals surface area contributed by atoms with E-state index in [-0.39, 0.29) is 70.6 Å². The van der Waals surface area contributed by atoms with E-state index >= 15 is 0 Å². The second-order valence-corrected chi connectivity index (χ2v) is 15.1. The minimum atomic E-state index is -0.426. The van der Waals surface area contributed by atoms with Crippen molar-refractivity contribution < 1.29 is 33.4 Å². The van der Waals surface area contributed by atoms with Crippen molar-refractivity contribution in [2.45, 2.75) is 29.5 Å². The molecule has 13 heteroatoms. The Bertz CT molecular complexity index is 2040. The maximum atomic E-state index is 14.0. The highest BCUT2D eigenvalue weighted by Gasteiger charge is 2.69. The predicted octanol–water partition coefficient (Wildman–Crippen LogP) is 5.32. The molecule has 2 aliphatic carbocycles. The number of aromatic amines is 1. The van der Waals surface area contributed by atoms with E-state index in [0.29, 0.717) is 28.4 Å². The number of thioether (sulfide) groups is 1. The van der Waals surface area contributed by atoms with Gasteiger partial charge in [0.25, 0.3) is 5.91 Å². The second-order valence-electron chi connectivity index (χ2n) is 12.9. The van der Waals surface area contributed by atoms with E-state index in [9.17, 15) is 24.0 Å². The summed E-state index contributed by atoms with van der Waals surface area (Å²) in [6.07, 6.45) is 0.795. The Morgan fingerprint density at radius 2 is 1.58 bits per heavy atom. The molecule has 2 bridgehead atoms. The SMILES string of the molecule is CCOC(=O)c1ccc(NC(=O)COc2ccc([C@H]3c4sc(=O)[nH]c4SC4C3[C@H]3C[C@@H]4C4C(=O)N(c5ccc(OC)cc5)C(=O)C43)cc2)cc1. The molecule has 4 aliphatic rings. The number of imide groups is 1. The fraction of sp³-hybridized carbons (Fsp3) is 0.324. The Morgan fingerprint density at radius 1 is 0.900 bits per heavy atom. The molecule has 0 spiro atoms. The van der Waals surface area contributed by atoms with Crippen LogP contribution >= 0.6 is 23.1 Å². The lowest BCUT2D eigenvalue weighted by Crippen LogP contribution is -2.42. The van der Waals surface area contributed by atoms with Crippen LogP contribution in [0.25, 0.3) is 0 Å². The molecular weight excluding hydrogens is 679 g/mol. The highest BCUT2D eigenvalue weighted by atomic mass is 32.2. The van der Waals surface area contributed by atoms with Crippen molar-refractivity contribution in [3.8, 4) is 11.5 Å². The molecule has 11 nitrogen and oxygen atoms in total. The summed E-state index contributed by atoms with van der Waals surface area (Å²) in [5.74, 6) is -0.774. The van der Waals surface area contributed by atoms with E-state index in [1.807, 2.05) is 24.3 Å². The number of aromatic nitrogens is 1. The number of thiazole rings is 1. The number of hydrogen-bond acceptors (Lipinski definition) is 10. The summed E-state index contributed by atoms with van der Waals surface area (Å²) in [4.78, 5) is 70.2. The fourth-order valence-corrected chi connectivity index (χ4v) is 11.3. The topological polar surface area (TPSA) is 144 Å². The molecular formula is C37H33N3O8S2. The zero-order valence-electron chi connectivity index (χ0n) is 27.1. The number of methoxy groups -OCH3 is 1. The van der Waals surface area contributed by atoms with Crippen LogP contribution in [-0.4, -0.2) is 54.2 Å². The van der Waals surface area contributed by atoms with Crippen molar-refractivity contribution in [2.75, 3.05) is 30.5 Å². The van der Waals surface area contributed by atoms with Crippen LogP contribution in [0.1, 0.15) is 40.1 Å². The smallest absolute Gasteiger partial charge is 0.338 e. The van der Waals surface area contributed by atoms with Gasteiger partial charge in [0, 0.05) is 21.7 Å². The lowest BCUT2D eigenvalue weighted by atomic mass is 9.68. The van der Waals surface area contributed by atoms with Gasteiger partial charge >= 0.3 is 10.8 Å². The molecule has 2 aliphatic heterocycles. The van der Waals surface area contributed by atoms with Crippen LogP contribution in [-0.2, 0) is 19.1 Å². The molecule has 4 aromatic rings. The third-order valence-electron chi connectivity index (χ3n) is 10.3. The van der Waals surface area contributed by atoms with Crippen molar-refractivity contribution in [1.29, 1.82) is 0 Å². The summed E-state index contributed by atoms with van der Waals surface area (Å²) in [6.45, 7) is 1.79. The number of benzene rings is 3. The molecule has 3 heterocycles. The first-order valence-electron chi connectivity index (χ1n) is 16.5. The average Bonchev–Trinajstić information content (AvgIpc) is 3.87. The van der Waals surface area contributed by atoms with E-state index in [1.165, 1.54) is 16.2 Å². The zero-order valence-corrected chi connectivity index (χ0v) is 28.8. The van der Waals surface area contributed by atoms with Gasteiger partial charge in [0.15, 0.2) is 6.61 Å². The van der Waals surface area contributed by atoms with Crippen LogP contribution in [0.15, 0.2) is 82.6 Å². The summed E-state index contributed by atoms with van der Waals surface area (Å²) < 4.78 is 16.1. The quantitative estimate of drug-likeness (QED) is 0.174. The van der Waals surface area contributed by atoms with E-state index in [2.05, 4.69) is 10.3 Å². The number of H-pyrrole nitrogens is 1. The number of hydrogen-bond donors (Lipinski definition) is 2. The molecule has 3 amide bonds. The zero-order chi connectivity index (χ0) is 34.7. The van der Waals surface area contributed by atoms with Crippen molar-refractivity contribution in [3.05, 3.63) is 98.5 Å². The number of amides is 3. The Labute approximate surface area is 295 Å². The molecule has 3 fully saturated rings. The van der Waals surface area contributed by atoms with E-state index in [1.54, 1.807) is 74.3 Å². The van der Waals surface area contributed by atoms with Crippen LogP contribution in [0.4, 0.5) is 11.4 Å². The molecule has 8 rings (SSSR count). The van der Waals surface area contributed by atoms with Gasteiger partial charge in [-0.3, -0.25) is 24.1 Å². The van der Waals surface area contributed by atoms with Gasteiger partial charge in [-0.15, -0.1) is 11.8 Å². The number of anilines is 2. The van der Waals surface area contributed by atoms with Crippen molar-refractivity contribution in [2.24, 2.45) is 29.6 Å². The first kappa shape index (κ1) is 32.3. The average molecular weight is 712 g/mol. The monoisotopic (exact) mass is 711 g/mol. The van der Waals surface area contributed by atoms with Crippen LogP contribution in [0.3, 0.4) is 0 Å². The molecule has 1 saturated heterocycles. The van der Waals surface area contributed by atoms with Gasteiger partial charge in [-0.2, -0.15) is 0 Å². The maximum Gasteiger partial charge on any atom is 0.338 e. The number of rotatable bonds is 9. The number of nitrogens with zero attached hydrogens (tertiary/aromatic N) is 1. The van der Waals surface area contributed by atoms with E-state index in [4.69, 9.17) is 14.2 Å². The molecule has 2 saturated carbocycles. The van der Waals surface area contributed by atoms with E-state index < -0.39 is 11.9 Å². The third kappa shape index (κ3) is 5.39. The highest BCUT2D eigenvalue weighted by molar-refractivity contribution is 8.00. The van der Waals surface area contributed by atoms with Crippen molar-refractivity contribution >= 4 is 58.2 Å². The number of ether oxygens (including phenoxy) is 3. The molecule has 2 N–H and O–H groups in total. The molecule has 4 unspecified atom stereocenters. The molecule has 1 aromatic heterocycles. The lowest BCUT2D eigenvalue weighted by Gasteiger charge is -2.43.